The number of nitrogens with zero attached hydrogens (tertiary/aromatic N) is 5. The SMILES string of the molecule is Cc1nc(N2CCCC2)cc(N2CCN(C(=O)Nc3ccccc3C)CC2)n1. The summed E-state index contributed by atoms with van der Waals surface area (Å²) in [6, 6.07) is 9.92. The van der Waals surface area contributed by atoms with Crippen LogP contribution in [0.4, 0.5) is 22.1 Å². The normalized spacial score (nSPS) is 17.1. The molecule has 2 fully saturated rings. The van der Waals surface area contributed by atoms with Gasteiger partial charge in [0.1, 0.15) is 17.5 Å². The van der Waals surface area contributed by atoms with E-state index in [0.29, 0.717) is 13.1 Å². The van der Waals surface area contributed by atoms with Crippen LogP contribution in [0.25, 0.3) is 0 Å². The molecule has 0 aliphatic carbocycles. The van der Waals surface area contributed by atoms with Gasteiger partial charge in [0.15, 0.2) is 0 Å². The largest absolute Gasteiger partial charge is 0.356 e. The highest BCUT2D eigenvalue weighted by Gasteiger charge is 2.24. The number of hydrogen-bond acceptors (Lipinski definition) is 5. The van der Waals surface area contributed by atoms with Gasteiger partial charge in [0.25, 0.3) is 0 Å². The van der Waals surface area contributed by atoms with Crippen LogP contribution in [0.5, 0.6) is 0 Å². The highest BCUT2D eigenvalue weighted by atomic mass is 16.2. The minimum absolute atomic E-state index is 0.0365. The molecule has 148 valence electrons. The number of carbonyl (C=O) groups excluding carboxylic acids is 1. The Labute approximate surface area is 166 Å². The number of anilines is 3. The van der Waals surface area contributed by atoms with E-state index in [1.165, 1.54) is 12.8 Å². The van der Waals surface area contributed by atoms with Gasteiger partial charge in [0, 0.05) is 51.0 Å². The third-order valence-corrected chi connectivity index (χ3v) is 5.52. The standard InChI is InChI=1S/C21H28N6O/c1-16-7-3-4-8-18(16)24-21(28)27-13-11-26(12-14-27)20-15-19(22-17(2)23-20)25-9-5-6-10-25/h3-4,7-8,15H,5-6,9-14H2,1-2H3,(H,24,28). The molecule has 4 rings (SSSR count). The van der Waals surface area contributed by atoms with Gasteiger partial charge in [-0.3, -0.25) is 0 Å². The molecule has 28 heavy (non-hydrogen) atoms. The molecule has 0 radical (unpaired) electrons. The van der Waals surface area contributed by atoms with E-state index in [2.05, 4.69) is 31.2 Å². The summed E-state index contributed by atoms with van der Waals surface area (Å²) in [4.78, 5) is 28.3. The van der Waals surface area contributed by atoms with Crippen molar-refractivity contribution in [1.82, 2.24) is 14.9 Å². The summed E-state index contributed by atoms with van der Waals surface area (Å²) in [6.45, 7) is 9.01. The first-order valence-corrected chi connectivity index (χ1v) is 10.1. The molecule has 3 heterocycles. The Morgan fingerprint density at radius 1 is 0.893 bits per heavy atom. The second kappa shape index (κ2) is 8.04. The number of para-hydroxylation sites is 1. The van der Waals surface area contributed by atoms with Crippen molar-refractivity contribution in [1.29, 1.82) is 0 Å². The van der Waals surface area contributed by atoms with Gasteiger partial charge in [-0.2, -0.15) is 0 Å². The lowest BCUT2D eigenvalue weighted by atomic mass is 10.2. The van der Waals surface area contributed by atoms with Gasteiger partial charge in [-0.15, -0.1) is 0 Å². The summed E-state index contributed by atoms with van der Waals surface area (Å²) in [5.41, 5.74) is 1.94. The highest BCUT2D eigenvalue weighted by Crippen LogP contribution is 2.23. The van der Waals surface area contributed by atoms with Crippen LogP contribution < -0.4 is 15.1 Å². The van der Waals surface area contributed by atoms with Crippen LogP contribution in [0.3, 0.4) is 0 Å². The van der Waals surface area contributed by atoms with E-state index in [-0.39, 0.29) is 6.03 Å². The first-order chi connectivity index (χ1) is 13.6. The first-order valence-electron chi connectivity index (χ1n) is 10.1. The molecule has 0 unspecified atom stereocenters. The van der Waals surface area contributed by atoms with Crippen molar-refractivity contribution >= 4 is 23.4 Å². The van der Waals surface area contributed by atoms with Crippen molar-refractivity contribution in [2.75, 3.05) is 54.4 Å². The Bertz CT molecular complexity index is 841. The lowest BCUT2D eigenvalue weighted by Gasteiger charge is -2.35. The second-order valence-electron chi connectivity index (χ2n) is 7.54. The number of hydrogen-bond donors (Lipinski definition) is 1. The number of amides is 2. The van der Waals surface area contributed by atoms with Crippen LogP contribution in [0.15, 0.2) is 30.3 Å². The lowest BCUT2D eigenvalue weighted by Crippen LogP contribution is -2.50. The van der Waals surface area contributed by atoms with Gasteiger partial charge in [0.2, 0.25) is 0 Å². The van der Waals surface area contributed by atoms with Crippen LogP contribution in [0.2, 0.25) is 0 Å². The van der Waals surface area contributed by atoms with E-state index in [0.717, 1.165) is 54.9 Å². The maximum atomic E-state index is 12.6. The Balaban J connectivity index is 1.39. The van der Waals surface area contributed by atoms with Crippen LogP contribution in [0.1, 0.15) is 24.2 Å². The molecule has 1 N–H and O–H groups in total. The van der Waals surface area contributed by atoms with Gasteiger partial charge in [-0.25, -0.2) is 14.8 Å². The van der Waals surface area contributed by atoms with E-state index in [9.17, 15) is 4.79 Å². The number of rotatable bonds is 3. The average molecular weight is 380 g/mol. The average Bonchev–Trinajstić information content (AvgIpc) is 3.24. The van der Waals surface area contributed by atoms with Crippen molar-refractivity contribution in [3.05, 3.63) is 41.7 Å². The molecule has 2 saturated heterocycles. The molecule has 2 aliphatic rings. The van der Waals surface area contributed by atoms with E-state index in [1.807, 2.05) is 43.0 Å². The van der Waals surface area contributed by atoms with Gasteiger partial charge in [-0.05, 0) is 38.3 Å². The highest BCUT2D eigenvalue weighted by molar-refractivity contribution is 5.90. The monoisotopic (exact) mass is 380 g/mol. The third kappa shape index (κ3) is 4.03. The number of urea groups is 1. The van der Waals surface area contributed by atoms with Crippen molar-refractivity contribution in [3.8, 4) is 0 Å². The van der Waals surface area contributed by atoms with Gasteiger partial charge < -0.3 is 20.0 Å². The molecule has 7 nitrogen and oxygen atoms in total. The van der Waals surface area contributed by atoms with Gasteiger partial charge in [-0.1, -0.05) is 18.2 Å². The summed E-state index contributed by atoms with van der Waals surface area (Å²) in [5, 5.41) is 3.03. The predicted octanol–water partition coefficient (Wildman–Crippen LogP) is 3.05. The minimum atomic E-state index is -0.0365. The van der Waals surface area contributed by atoms with Crippen molar-refractivity contribution in [2.45, 2.75) is 26.7 Å². The van der Waals surface area contributed by atoms with Gasteiger partial charge in [0.05, 0.1) is 0 Å². The number of benzene rings is 1. The topological polar surface area (TPSA) is 64.6 Å². The summed E-state index contributed by atoms with van der Waals surface area (Å²) in [5.74, 6) is 2.80. The maximum Gasteiger partial charge on any atom is 0.321 e. The third-order valence-electron chi connectivity index (χ3n) is 5.52. The molecule has 0 spiro atoms. The Morgan fingerprint density at radius 2 is 1.50 bits per heavy atom. The Hall–Kier alpha value is -2.83. The molecule has 2 amide bonds. The first kappa shape index (κ1) is 18.5. The summed E-state index contributed by atoms with van der Waals surface area (Å²) < 4.78 is 0. The van der Waals surface area contributed by atoms with Crippen molar-refractivity contribution in [2.24, 2.45) is 0 Å². The van der Waals surface area contributed by atoms with Crippen molar-refractivity contribution < 1.29 is 4.79 Å². The smallest absolute Gasteiger partial charge is 0.321 e. The number of piperazine rings is 1. The number of aromatic nitrogens is 2. The zero-order valence-corrected chi connectivity index (χ0v) is 16.7. The molecule has 1 aromatic carbocycles. The molecule has 0 atom stereocenters. The van der Waals surface area contributed by atoms with E-state index in [1.54, 1.807) is 0 Å². The molecule has 2 aromatic rings. The van der Waals surface area contributed by atoms with E-state index in [4.69, 9.17) is 0 Å². The van der Waals surface area contributed by atoms with E-state index < -0.39 is 0 Å². The van der Waals surface area contributed by atoms with Crippen LogP contribution >= 0.6 is 0 Å². The number of nitrogens with one attached hydrogen (secondary N) is 1. The van der Waals surface area contributed by atoms with Crippen LogP contribution in [0, 0.1) is 13.8 Å². The molecular formula is C21H28N6O. The maximum absolute atomic E-state index is 12.6. The quantitative estimate of drug-likeness (QED) is 0.887. The molecule has 7 heteroatoms. The Morgan fingerprint density at radius 3 is 2.14 bits per heavy atom. The molecule has 2 aliphatic heterocycles. The van der Waals surface area contributed by atoms with Crippen molar-refractivity contribution in [3.63, 3.8) is 0 Å². The lowest BCUT2D eigenvalue weighted by molar-refractivity contribution is 0.208. The van der Waals surface area contributed by atoms with Gasteiger partial charge >= 0.3 is 6.03 Å². The fourth-order valence-corrected chi connectivity index (χ4v) is 3.85. The summed E-state index contributed by atoms with van der Waals surface area (Å²) in [7, 11) is 0. The number of aryl methyl sites for hydroxylation is 2. The fraction of sp³-hybridized carbons (Fsp3) is 0.476. The second-order valence-corrected chi connectivity index (χ2v) is 7.54. The number of carbonyl (C=O) groups is 1. The molecule has 1 aromatic heterocycles. The molecule has 0 saturated carbocycles. The summed E-state index contributed by atoms with van der Waals surface area (Å²) >= 11 is 0. The zero-order valence-electron chi connectivity index (χ0n) is 16.7. The predicted molar refractivity (Wildman–Crippen MR) is 112 cm³/mol. The fourth-order valence-electron chi connectivity index (χ4n) is 3.85. The zero-order chi connectivity index (χ0) is 19.5. The van der Waals surface area contributed by atoms with Crippen LogP contribution in [-0.4, -0.2) is 60.2 Å². The minimum Gasteiger partial charge on any atom is -0.356 e. The van der Waals surface area contributed by atoms with E-state index >= 15 is 0 Å². The Kier molecular flexibility index (Phi) is 5.32. The van der Waals surface area contributed by atoms with Crippen LogP contribution in [-0.2, 0) is 0 Å². The summed E-state index contributed by atoms with van der Waals surface area (Å²) in [6.07, 6.45) is 2.46. The molecular weight excluding hydrogens is 352 g/mol. The molecule has 0 bridgehead atoms.